The average molecular weight is 354 g/mol. The highest BCUT2D eigenvalue weighted by atomic mass is 79.9. The summed E-state index contributed by atoms with van der Waals surface area (Å²) in [6.07, 6.45) is 0.573. The van der Waals surface area contributed by atoms with Crippen LogP contribution in [0.1, 0.15) is 17.2 Å². The standard InChI is InChI=1S/C16H17BrFNO2/c1-20-12-4-5-13(17)11(7-12)9-15(19)10-3-6-16(21-2)14(18)8-10/h3-8,15H,9,19H2,1-2H3. The molecule has 0 saturated heterocycles. The van der Waals surface area contributed by atoms with Crippen molar-refractivity contribution < 1.29 is 13.9 Å². The second-order valence-corrected chi connectivity index (χ2v) is 5.52. The van der Waals surface area contributed by atoms with Crippen LogP contribution in [-0.2, 0) is 6.42 Å². The quantitative estimate of drug-likeness (QED) is 0.887. The van der Waals surface area contributed by atoms with Gasteiger partial charge in [0.2, 0.25) is 0 Å². The number of ether oxygens (including phenoxy) is 2. The summed E-state index contributed by atoms with van der Waals surface area (Å²) in [5.74, 6) is 0.574. The van der Waals surface area contributed by atoms with E-state index in [-0.39, 0.29) is 11.8 Å². The van der Waals surface area contributed by atoms with Crippen LogP contribution in [0.15, 0.2) is 40.9 Å². The van der Waals surface area contributed by atoms with Crippen LogP contribution in [0.5, 0.6) is 11.5 Å². The number of hydrogen-bond acceptors (Lipinski definition) is 3. The number of hydrogen-bond donors (Lipinski definition) is 1. The molecule has 3 nitrogen and oxygen atoms in total. The van der Waals surface area contributed by atoms with Gasteiger partial charge in [-0.25, -0.2) is 4.39 Å². The van der Waals surface area contributed by atoms with Crippen LogP contribution in [0.25, 0.3) is 0 Å². The van der Waals surface area contributed by atoms with Gasteiger partial charge in [0.25, 0.3) is 0 Å². The van der Waals surface area contributed by atoms with Crippen LogP contribution < -0.4 is 15.2 Å². The van der Waals surface area contributed by atoms with Crippen LogP contribution >= 0.6 is 15.9 Å². The van der Waals surface area contributed by atoms with Crippen molar-refractivity contribution >= 4 is 15.9 Å². The average Bonchev–Trinajstić information content (AvgIpc) is 2.49. The molecule has 0 aliphatic heterocycles. The highest BCUT2D eigenvalue weighted by Gasteiger charge is 2.13. The van der Waals surface area contributed by atoms with E-state index in [0.29, 0.717) is 6.42 Å². The minimum absolute atomic E-state index is 0.216. The van der Waals surface area contributed by atoms with Crippen molar-refractivity contribution in [2.45, 2.75) is 12.5 Å². The van der Waals surface area contributed by atoms with Gasteiger partial charge in [0, 0.05) is 10.5 Å². The molecule has 0 aromatic heterocycles. The van der Waals surface area contributed by atoms with Crippen molar-refractivity contribution in [1.29, 1.82) is 0 Å². The predicted molar refractivity (Wildman–Crippen MR) is 84.3 cm³/mol. The second-order valence-electron chi connectivity index (χ2n) is 4.66. The molecule has 1 atom stereocenters. The van der Waals surface area contributed by atoms with E-state index < -0.39 is 5.82 Å². The third-order valence-corrected chi connectivity index (χ3v) is 4.07. The maximum atomic E-state index is 13.7. The summed E-state index contributed by atoms with van der Waals surface area (Å²) in [6, 6.07) is 10.2. The monoisotopic (exact) mass is 353 g/mol. The molecule has 0 bridgehead atoms. The molecule has 2 N–H and O–H groups in total. The Morgan fingerprint density at radius 3 is 2.52 bits per heavy atom. The maximum Gasteiger partial charge on any atom is 0.165 e. The molecule has 2 aromatic carbocycles. The zero-order valence-corrected chi connectivity index (χ0v) is 13.5. The number of rotatable bonds is 5. The van der Waals surface area contributed by atoms with E-state index in [0.717, 1.165) is 21.3 Å². The molecule has 21 heavy (non-hydrogen) atoms. The van der Waals surface area contributed by atoms with Gasteiger partial charge in [0.05, 0.1) is 14.2 Å². The molecular weight excluding hydrogens is 337 g/mol. The zero-order chi connectivity index (χ0) is 15.4. The van der Waals surface area contributed by atoms with Crippen molar-refractivity contribution in [3.05, 3.63) is 57.8 Å². The first-order chi connectivity index (χ1) is 10.0. The summed E-state index contributed by atoms with van der Waals surface area (Å²) in [5.41, 5.74) is 7.92. The first kappa shape index (κ1) is 15.8. The van der Waals surface area contributed by atoms with E-state index in [1.54, 1.807) is 19.2 Å². The summed E-state index contributed by atoms with van der Waals surface area (Å²) < 4.78 is 24.8. The Morgan fingerprint density at radius 1 is 1.14 bits per heavy atom. The fourth-order valence-electron chi connectivity index (χ4n) is 2.10. The van der Waals surface area contributed by atoms with Crippen molar-refractivity contribution in [1.82, 2.24) is 0 Å². The summed E-state index contributed by atoms with van der Waals surface area (Å²) in [4.78, 5) is 0. The molecule has 0 saturated carbocycles. The van der Waals surface area contributed by atoms with Crippen molar-refractivity contribution in [2.24, 2.45) is 5.73 Å². The fraction of sp³-hybridized carbons (Fsp3) is 0.250. The normalized spacial score (nSPS) is 12.0. The minimum atomic E-state index is -0.407. The Kier molecular flexibility index (Phi) is 5.20. The molecule has 0 aliphatic rings. The van der Waals surface area contributed by atoms with E-state index in [1.165, 1.54) is 13.2 Å². The SMILES string of the molecule is COc1ccc(Br)c(CC(N)c2ccc(OC)c(F)c2)c1. The third-order valence-electron chi connectivity index (χ3n) is 3.30. The highest BCUT2D eigenvalue weighted by Crippen LogP contribution is 2.28. The van der Waals surface area contributed by atoms with E-state index in [2.05, 4.69) is 15.9 Å². The highest BCUT2D eigenvalue weighted by molar-refractivity contribution is 9.10. The van der Waals surface area contributed by atoms with Crippen LogP contribution in [0.4, 0.5) is 4.39 Å². The van der Waals surface area contributed by atoms with Crippen molar-refractivity contribution in [2.75, 3.05) is 14.2 Å². The third kappa shape index (κ3) is 3.74. The molecule has 112 valence electrons. The molecule has 0 heterocycles. The van der Waals surface area contributed by atoms with E-state index in [9.17, 15) is 4.39 Å². The summed E-state index contributed by atoms with van der Waals surface area (Å²) in [5, 5.41) is 0. The van der Waals surface area contributed by atoms with E-state index in [4.69, 9.17) is 15.2 Å². The van der Waals surface area contributed by atoms with Gasteiger partial charge in [-0.05, 0) is 47.9 Å². The molecule has 0 amide bonds. The first-order valence-corrected chi connectivity index (χ1v) is 7.26. The number of methoxy groups -OCH3 is 2. The van der Waals surface area contributed by atoms with Gasteiger partial charge in [-0.3, -0.25) is 0 Å². The lowest BCUT2D eigenvalue weighted by molar-refractivity contribution is 0.386. The molecule has 1 unspecified atom stereocenters. The molecule has 0 spiro atoms. The lowest BCUT2D eigenvalue weighted by Gasteiger charge is -2.15. The van der Waals surface area contributed by atoms with Crippen LogP contribution in [0.2, 0.25) is 0 Å². The predicted octanol–water partition coefficient (Wildman–Crippen LogP) is 3.85. The molecular formula is C16H17BrFNO2. The van der Waals surface area contributed by atoms with Gasteiger partial charge in [0.1, 0.15) is 5.75 Å². The van der Waals surface area contributed by atoms with Crippen LogP contribution in [0, 0.1) is 5.82 Å². The fourth-order valence-corrected chi connectivity index (χ4v) is 2.51. The smallest absolute Gasteiger partial charge is 0.165 e. The van der Waals surface area contributed by atoms with Gasteiger partial charge in [-0.1, -0.05) is 22.0 Å². The topological polar surface area (TPSA) is 44.5 Å². The molecule has 2 rings (SSSR count). The van der Waals surface area contributed by atoms with Gasteiger partial charge < -0.3 is 15.2 Å². The van der Waals surface area contributed by atoms with E-state index in [1.807, 2.05) is 18.2 Å². The van der Waals surface area contributed by atoms with Gasteiger partial charge in [-0.15, -0.1) is 0 Å². The largest absolute Gasteiger partial charge is 0.497 e. The Morgan fingerprint density at radius 2 is 1.90 bits per heavy atom. The lowest BCUT2D eigenvalue weighted by atomic mass is 9.99. The molecule has 0 radical (unpaired) electrons. The van der Waals surface area contributed by atoms with Crippen molar-refractivity contribution in [3.63, 3.8) is 0 Å². The van der Waals surface area contributed by atoms with Gasteiger partial charge >= 0.3 is 0 Å². The Balaban J connectivity index is 2.21. The summed E-state index contributed by atoms with van der Waals surface area (Å²) >= 11 is 3.49. The summed E-state index contributed by atoms with van der Waals surface area (Å²) in [6.45, 7) is 0. The number of benzene rings is 2. The lowest BCUT2D eigenvalue weighted by Crippen LogP contribution is -2.14. The second kappa shape index (κ2) is 6.91. The molecule has 0 aliphatic carbocycles. The maximum absolute atomic E-state index is 13.7. The molecule has 2 aromatic rings. The Labute approximate surface area is 132 Å². The Bertz CT molecular complexity index is 634. The van der Waals surface area contributed by atoms with Crippen LogP contribution in [-0.4, -0.2) is 14.2 Å². The molecule has 0 fully saturated rings. The zero-order valence-electron chi connectivity index (χ0n) is 11.9. The molecule has 5 heteroatoms. The van der Waals surface area contributed by atoms with Crippen LogP contribution in [0.3, 0.4) is 0 Å². The Hall–Kier alpha value is -1.59. The van der Waals surface area contributed by atoms with Gasteiger partial charge in [0.15, 0.2) is 11.6 Å². The number of halogens is 2. The van der Waals surface area contributed by atoms with Crippen molar-refractivity contribution in [3.8, 4) is 11.5 Å². The number of nitrogens with two attached hydrogens (primary N) is 1. The minimum Gasteiger partial charge on any atom is -0.497 e. The van der Waals surface area contributed by atoms with Gasteiger partial charge in [-0.2, -0.15) is 0 Å². The summed E-state index contributed by atoms with van der Waals surface area (Å²) in [7, 11) is 3.05. The first-order valence-electron chi connectivity index (χ1n) is 6.46. The van der Waals surface area contributed by atoms with E-state index >= 15 is 0 Å².